The Morgan fingerprint density at radius 1 is 0.719 bits per heavy atom. The topological polar surface area (TPSA) is 55.4 Å². The van der Waals surface area contributed by atoms with Crippen LogP contribution < -0.4 is 5.32 Å². The lowest BCUT2D eigenvalue weighted by atomic mass is 10.1. The maximum absolute atomic E-state index is 12.8. The molecule has 0 unspecified atom stereocenters. The third-order valence-corrected chi connectivity index (χ3v) is 6.01. The van der Waals surface area contributed by atoms with Crippen LogP contribution in [-0.4, -0.2) is 19.0 Å². The smallest absolute Gasteiger partial charge is 0.355 e. The number of thioether (sulfide) groups is 1. The predicted molar refractivity (Wildman–Crippen MR) is 129 cm³/mol. The molecule has 1 aliphatic heterocycles. The summed E-state index contributed by atoms with van der Waals surface area (Å²) in [5, 5.41) is 2.77. The molecule has 32 heavy (non-hydrogen) atoms. The van der Waals surface area contributed by atoms with E-state index in [0.717, 1.165) is 20.9 Å². The number of hydrogen-bond acceptors (Lipinski definition) is 4. The maximum Gasteiger partial charge on any atom is 0.355 e. The molecular formula is C27H21NO3S. The van der Waals surface area contributed by atoms with Crippen LogP contribution in [0.15, 0.2) is 114 Å². The van der Waals surface area contributed by atoms with E-state index >= 15 is 0 Å². The zero-order chi connectivity index (χ0) is 22.3. The molecule has 0 bridgehead atoms. The molecule has 3 aromatic rings. The van der Waals surface area contributed by atoms with Crippen molar-refractivity contribution in [3.63, 3.8) is 0 Å². The van der Waals surface area contributed by atoms with Crippen LogP contribution >= 0.6 is 11.8 Å². The van der Waals surface area contributed by atoms with Crippen LogP contribution in [0.2, 0.25) is 0 Å². The van der Waals surface area contributed by atoms with E-state index in [0.29, 0.717) is 11.1 Å². The van der Waals surface area contributed by atoms with Gasteiger partial charge in [-0.25, -0.2) is 4.79 Å². The monoisotopic (exact) mass is 439 g/mol. The van der Waals surface area contributed by atoms with Gasteiger partial charge in [0.05, 0.1) is 7.11 Å². The molecule has 4 rings (SSSR count). The van der Waals surface area contributed by atoms with Gasteiger partial charge in [-0.1, -0.05) is 90.6 Å². The van der Waals surface area contributed by atoms with Gasteiger partial charge in [0, 0.05) is 20.9 Å². The number of rotatable bonds is 5. The Hall–Kier alpha value is -3.83. The molecule has 4 nitrogen and oxygen atoms in total. The van der Waals surface area contributed by atoms with E-state index in [2.05, 4.69) is 5.32 Å². The normalized spacial score (nSPS) is 13.0. The standard InChI is InChI=1S/C27H21NO3S/c1-31-27(30)25(28-26(29)21-15-9-4-10-16-21)22-17-23(19-11-5-2-6-12-19)32-24(18-22)20-13-7-3-8-14-20/h2-18H,1H3,(H,28,29). The molecule has 0 radical (unpaired) electrons. The molecule has 0 aliphatic carbocycles. The summed E-state index contributed by atoms with van der Waals surface area (Å²) in [5.41, 5.74) is 3.19. The summed E-state index contributed by atoms with van der Waals surface area (Å²) in [6.07, 6.45) is 3.81. The summed E-state index contributed by atoms with van der Waals surface area (Å²) in [6, 6.07) is 28.7. The zero-order valence-corrected chi connectivity index (χ0v) is 18.3. The minimum absolute atomic E-state index is 0.100. The van der Waals surface area contributed by atoms with Gasteiger partial charge in [0.1, 0.15) is 5.70 Å². The predicted octanol–water partition coefficient (Wildman–Crippen LogP) is 5.67. The van der Waals surface area contributed by atoms with E-state index in [4.69, 9.17) is 4.74 Å². The van der Waals surface area contributed by atoms with Crippen LogP contribution in [0.25, 0.3) is 9.81 Å². The minimum Gasteiger partial charge on any atom is -0.464 e. The Morgan fingerprint density at radius 3 is 1.66 bits per heavy atom. The number of methoxy groups -OCH3 is 1. The second-order valence-electron chi connectivity index (χ2n) is 6.99. The van der Waals surface area contributed by atoms with Crippen molar-refractivity contribution in [3.8, 4) is 0 Å². The molecule has 5 heteroatoms. The summed E-state index contributed by atoms with van der Waals surface area (Å²) in [4.78, 5) is 27.5. The SMILES string of the molecule is COC(=O)C(NC(=O)c1ccccc1)=C1C=C(c2ccccc2)SC(c2ccccc2)=C1. The Morgan fingerprint density at radius 2 is 1.19 bits per heavy atom. The van der Waals surface area contributed by atoms with Gasteiger partial charge in [0.2, 0.25) is 0 Å². The highest BCUT2D eigenvalue weighted by Gasteiger charge is 2.22. The molecule has 0 aromatic heterocycles. The number of carbonyl (C=O) groups excluding carboxylic acids is 2. The van der Waals surface area contributed by atoms with Gasteiger partial charge in [-0.05, 0) is 35.4 Å². The second kappa shape index (κ2) is 9.98. The molecule has 0 saturated heterocycles. The van der Waals surface area contributed by atoms with E-state index < -0.39 is 5.97 Å². The highest BCUT2D eigenvalue weighted by molar-refractivity contribution is 8.16. The molecule has 3 aromatic carbocycles. The summed E-state index contributed by atoms with van der Waals surface area (Å²) >= 11 is 1.62. The average Bonchev–Trinajstić information content (AvgIpc) is 2.88. The molecule has 0 saturated carbocycles. The van der Waals surface area contributed by atoms with Crippen molar-refractivity contribution in [3.05, 3.63) is 131 Å². The maximum atomic E-state index is 12.8. The van der Waals surface area contributed by atoms with Crippen molar-refractivity contribution in [1.82, 2.24) is 5.32 Å². The van der Waals surface area contributed by atoms with Gasteiger partial charge in [-0.2, -0.15) is 0 Å². The number of hydrogen-bond donors (Lipinski definition) is 1. The number of amides is 1. The first-order valence-corrected chi connectivity index (χ1v) is 10.9. The second-order valence-corrected chi connectivity index (χ2v) is 8.08. The van der Waals surface area contributed by atoms with Crippen molar-refractivity contribution in [2.24, 2.45) is 0 Å². The van der Waals surface area contributed by atoms with Crippen molar-refractivity contribution in [2.75, 3.05) is 7.11 Å². The Labute approximate surface area is 191 Å². The number of esters is 1. The number of carbonyl (C=O) groups is 2. The lowest BCUT2D eigenvalue weighted by Crippen LogP contribution is -2.29. The fraction of sp³-hybridized carbons (Fsp3) is 0.0370. The average molecular weight is 440 g/mol. The van der Waals surface area contributed by atoms with Crippen LogP contribution in [0.1, 0.15) is 21.5 Å². The third kappa shape index (κ3) is 4.90. The van der Waals surface area contributed by atoms with Crippen molar-refractivity contribution in [2.45, 2.75) is 0 Å². The van der Waals surface area contributed by atoms with Gasteiger partial charge < -0.3 is 10.1 Å². The third-order valence-electron chi connectivity index (χ3n) is 4.86. The van der Waals surface area contributed by atoms with Gasteiger partial charge >= 0.3 is 5.97 Å². The molecule has 1 N–H and O–H groups in total. The fourth-order valence-corrected chi connectivity index (χ4v) is 4.37. The molecule has 1 amide bonds. The fourth-order valence-electron chi connectivity index (χ4n) is 3.25. The van der Waals surface area contributed by atoms with E-state index in [9.17, 15) is 9.59 Å². The molecule has 0 fully saturated rings. The molecule has 0 spiro atoms. The molecule has 1 aliphatic rings. The first kappa shape index (κ1) is 21.4. The summed E-state index contributed by atoms with van der Waals surface area (Å²) in [7, 11) is 1.30. The molecule has 158 valence electrons. The van der Waals surface area contributed by atoms with Crippen molar-refractivity contribution < 1.29 is 14.3 Å². The summed E-state index contributed by atoms with van der Waals surface area (Å²) in [6.45, 7) is 0. The largest absolute Gasteiger partial charge is 0.464 e. The summed E-state index contributed by atoms with van der Waals surface area (Å²) < 4.78 is 5.01. The number of ether oxygens (including phenoxy) is 1. The Bertz CT molecular complexity index is 1160. The van der Waals surface area contributed by atoms with Crippen LogP contribution in [0, 0.1) is 0 Å². The number of nitrogens with one attached hydrogen (secondary N) is 1. The lowest BCUT2D eigenvalue weighted by molar-refractivity contribution is -0.136. The van der Waals surface area contributed by atoms with E-state index in [1.165, 1.54) is 7.11 Å². The van der Waals surface area contributed by atoms with Crippen LogP contribution in [0.3, 0.4) is 0 Å². The van der Waals surface area contributed by atoms with Gasteiger partial charge in [0.15, 0.2) is 0 Å². The molecule has 0 atom stereocenters. The van der Waals surface area contributed by atoms with Gasteiger partial charge in [-0.15, -0.1) is 0 Å². The lowest BCUT2D eigenvalue weighted by Gasteiger charge is -2.19. The number of allylic oxidation sites excluding steroid dienone is 3. The molecule has 1 heterocycles. The first-order chi connectivity index (χ1) is 15.7. The van der Waals surface area contributed by atoms with Crippen LogP contribution in [0.5, 0.6) is 0 Å². The zero-order valence-electron chi connectivity index (χ0n) is 17.4. The van der Waals surface area contributed by atoms with E-state index in [-0.39, 0.29) is 11.6 Å². The number of benzene rings is 3. The van der Waals surface area contributed by atoms with Gasteiger partial charge in [-0.3, -0.25) is 4.79 Å². The van der Waals surface area contributed by atoms with Crippen molar-refractivity contribution in [1.29, 1.82) is 0 Å². The van der Waals surface area contributed by atoms with E-state index in [1.54, 1.807) is 36.0 Å². The Balaban J connectivity index is 1.83. The molecular weight excluding hydrogens is 418 g/mol. The van der Waals surface area contributed by atoms with Gasteiger partial charge in [0.25, 0.3) is 5.91 Å². The quantitative estimate of drug-likeness (QED) is 0.411. The highest BCUT2D eigenvalue weighted by atomic mass is 32.2. The minimum atomic E-state index is -0.608. The van der Waals surface area contributed by atoms with Crippen molar-refractivity contribution >= 4 is 33.4 Å². The van der Waals surface area contributed by atoms with E-state index in [1.807, 2.05) is 78.9 Å². The highest BCUT2D eigenvalue weighted by Crippen LogP contribution is 2.44. The first-order valence-electron chi connectivity index (χ1n) is 10.1. The summed E-state index contributed by atoms with van der Waals surface area (Å²) in [5.74, 6) is -0.982. The van der Waals surface area contributed by atoms with Crippen LogP contribution in [-0.2, 0) is 9.53 Å². The van der Waals surface area contributed by atoms with Crippen LogP contribution in [0.4, 0.5) is 0 Å². The Kier molecular flexibility index (Phi) is 6.68.